The Hall–Kier alpha value is -1.56. The number of hydrogen-bond acceptors (Lipinski definition) is 2. The van der Waals surface area contributed by atoms with Crippen LogP contribution in [0.15, 0.2) is 24.3 Å². The molecule has 0 radical (unpaired) electrons. The zero-order valence-electron chi connectivity index (χ0n) is 11.1. The minimum absolute atomic E-state index is 0.0395. The van der Waals surface area contributed by atoms with Crippen LogP contribution in [0.1, 0.15) is 18.1 Å². The summed E-state index contributed by atoms with van der Waals surface area (Å²) in [6.07, 6.45) is -4.22. The number of morpholine rings is 1. The highest BCUT2D eigenvalue weighted by Crippen LogP contribution is 2.29. The Morgan fingerprint density at radius 1 is 1.45 bits per heavy atom. The fourth-order valence-corrected chi connectivity index (χ4v) is 2.27. The molecule has 1 saturated heterocycles. The van der Waals surface area contributed by atoms with Crippen LogP contribution in [-0.2, 0) is 22.1 Å². The maximum atomic E-state index is 12.6. The number of nitrogens with zero attached hydrogens (tertiary/aromatic N) is 1. The second-order valence-electron chi connectivity index (χ2n) is 4.86. The minimum atomic E-state index is -4.34. The number of alkyl halides is 3. The molecule has 6 heteroatoms. The van der Waals surface area contributed by atoms with Gasteiger partial charge in [0.15, 0.2) is 0 Å². The van der Waals surface area contributed by atoms with Crippen molar-refractivity contribution in [2.75, 3.05) is 19.7 Å². The Morgan fingerprint density at radius 3 is 2.85 bits per heavy atom. The van der Waals surface area contributed by atoms with Crippen LogP contribution >= 0.6 is 0 Å². The van der Waals surface area contributed by atoms with Gasteiger partial charge in [-0.2, -0.15) is 13.2 Å². The molecule has 0 N–H and O–H groups in total. The van der Waals surface area contributed by atoms with Crippen molar-refractivity contribution in [1.29, 1.82) is 0 Å². The lowest BCUT2D eigenvalue weighted by molar-refractivity contribution is -0.137. The second-order valence-corrected chi connectivity index (χ2v) is 4.86. The summed E-state index contributed by atoms with van der Waals surface area (Å²) in [5.74, 6) is -0.0395. The topological polar surface area (TPSA) is 29.5 Å². The molecule has 0 aliphatic carbocycles. The van der Waals surface area contributed by atoms with E-state index in [0.717, 1.165) is 12.1 Å². The normalized spacial score (nSPS) is 20.0. The highest BCUT2D eigenvalue weighted by molar-refractivity contribution is 5.73. The molecule has 1 aromatic rings. The average Bonchev–Trinajstić information content (AvgIpc) is 2.38. The molecule has 1 aliphatic rings. The first-order chi connectivity index (χ1) is 9.36. The van der Waals surface area contributed by atoms with Crippen molar-refractivity contribution >= 4 is 5.91 Å². The molecule has 0 unspecified atom stereocenters. The number of amides is 1. The van der Waals surface area contributed by atoms with E-state index in [-0.39, 0.29) is 12.0 Å². The maximum absolute atomic E-state index is 12.6. The quantitative estimate of drug-likeness (QED) is 0.836. The summed E-state index contributed by atoms with van der Waals surface area (Å²) in [7, 11) is 0. The van der Waals surface area contributed by atoms with Gasteiger partial charge in [-0.15, -0.1) is 0 Å². The molecule has 1 aliphatic heterocycles. The van der Waals surface area contributed by atoms with E-state index in [2.05, 4.69) is 0 Å². The van der Waals surface area contributed by atoms with E-state index in [4.69, 9.17) is 4.74 Å². The van der Waals surface area contributed by atoms with Crippen molar-refractivity contribution < 1.29 is 22.7 Å². The van der Waals surface area contributed by atoms with E-state index in [0.29, 0.717) is 31.7 Å². The third-order valence-electron chi connectivity index (χ3n) is 3.30. The van der Waals surface area contributed by atoms with E-state index < -0.39 is 11.7 Å². The van der Waals surface area contributed by atoms with Crippen LogP contribution in [0.2, 0.25) is 0 Å². The Labute approximate surface area is 115 Å². The number of benzene rings is 1. The molecule has 2 rings (SSSR count). The molecule has 0 saturated carbocycles. The predicted molar refractivity (Wildman–Crippen MR) is 67.1 cm³/mol. The maximum Gasteiger partial charge on any atom is 0.416 e. The Morgan fingerprint density at radius 2 is 2.20 bits per heavy atom. The summed E-state index contributed by atoms with van der Waals surface area (Å²) in [6.45, 7) is 2.86. The molecule has 3 nitrogen and oxygen atoms in total. The number of halogens is 3. The lowest BCUT2D eigenvalue weighted by atomic mass is 10.0. The van der Waals surface area contributed by atoms with Crippen LogP contribution in [0.5, 0.6) is 0 Å². The lowest BCUT2D eigenvalue weighted by Crippen LogP contribution is -2.45. The number of carbonyl (C=O) groups is 1. The van der Waals surface area contributed by atoms with Crippen LogP contribution in [0.3, 0.4) is 0 Å². The van der Waals surface area contributed by atoms with Gasteiger partial charge in [0.1, 0.15) is 0 Å². The number of rotatable bonds is 2. The van der Waals surface area contributed by atoms with Gasteiger partial charge in [0.2, 0.25) is 5.91 Å². The summed E-state index contributed by atoms with van der Waals surface area (Å²) < 4.78 is 43.4. The van der Waals surface area contributed by atoms with E-state index in [1.807, 2.05) is 0 Å². The molecule has 1 aromatic carbocycles. The third kappa shape index (κ3) is 3.72. The van der Waals surface area contributed by atoms with E-state index >= 15 is 0 Å². The van der Waals surface area contributed by atoms with Gasteiger partial charge in [-0.25, -0.2) is 0 Å². The zero-order valence-corrected chi connectivity index (χ0v) is 11.1. The molecule has 0 bridgehead atoms. The highest BCUT2D eigenvalue weighted by atomic mass is 19.4. The summed E-state index contributed by atoms with van der Waals surface area (Å²) in [5.41, 5.74) is -0.0931. The van der Waals surface area contributed by atoms with Gasteiger partial charge in [-0.3, -0.25) is 4.79 Å². The van der Waals surface area contributed by atoms with Crippen molar-refractivity contribution in [1.82, 2.24) is 4.90 Å². The summed E-state index contributed by atoms with van der Waals surface area (Å²) >= 11 is 0. The first kappa shape index (κ1) is 14.8. The molecule has 1 heterocycles. The predicted octanol–water partition coefficient (Wildman–Crippen LogP) is 2.50. The second kappa shape index (κ2) is 5.83. The molecule has 1 fully saturated rings. The van der Waals surface area contributed by atoms with Crippen molar-refractivity contribution in [2.24, 2.45) is 0 Å². The van der Waals surface area contributed by atoms with E-state index in [1.165, 1.54) is 13.0 Å². The standard InChI is InChI=1S/C14H16F3NO2/c1-10(19)18-5-6-20-13(9-18)8-11-3-2-4-12(7-11)14(15,16)17/h2-4,7,13H,5-6,8-9H2,1H3/t13-/m1/s1. The third-order valence-corrected chi connectivity index (χ3v) is 3.30. The fraction of sp³-hybridized carbons (Fsp3) is 0.500. The first-order valence-electron chi connectivity index (χ1n) is 6.39. The van der Waals surface area contributed by atoms with Crippen molar-refractivity contribution in [3.05, 3.63) is 35.4 Å². The summed E-state index contributed by atoms with van der Waals surface area (Å²) in [6, 6.07) is 5.22. The van der Waals surface area contributed by atoms with Crippen LogP contribution < -0.4 is 0 Å². The largest absolute Gasteiger partial charge is 0.416 e. The van der Waals surface area contributed by atoms with Crippen LogP contribution in [0, 0.1) is 0 Å². The van der Waals surface area contributed by atoms with Gasteiger partial charge in [0, 0.05) is 26.4 Å². The molecular formula is C14H16F3NO2. The first-order valence-corrected chi connectivity index (χ1v) is 6.39. The molecule has 20 heavy (non-hydrogen) atoms. The van der Waals surface area contributed by atoms with Gasteiger partial charge in [0.25, 0.3) is 0 Å². The van der Waals surface area contributed by atoms with Crippen LogP contribution in [0.4, 0.5) is 13.2 Å². The van der Waals surface area contributed by atoms with Crippen molar-refractivity contribution in [3.63, 3.8) is 0 Å². The van der Waals surface area contributed by atoms with Gasteiger partial charge < -0.3 is 9.64 Å². The van der Waals surface area contributed by atoms with Crippen molar-refractivity contribution in [3.8, 4) is 0 Å². The Kier molecular flexibility index (Phi) is 4.32. The fourth-order valence-electron chi connectivity index (χ4n) is 2.27. The summed E-state index contributed by atoms with van der Waals surface area (Å²) in [5, 5.41) is 0. The molecule has 1 amide bonds. The minimum Gasteiger partial charge on any atom is -0.374 e. The van der Waals surface area contributed by atoms with Gasteiger partial charge in [0.05, 0.1) is 18.3 Å². The summed E-state index contributed by atoms with van der Waals surface area (Å²) in [4.78, 5) is 13.0. The Bertz CT molecular complexity index is 488. The molecule has 110 valence electrons. The highest BCUT2D eigenvalue weighted by Gasteiger charge is 2.30. The van der Waals surface area contributed by atoms with Gasteiger partial charge >= 0.3 is 6.18 Å². The SMILES string of the molecule is CC(=O)N1CCO[C@H](Cc2cccc(C(F)(F)F)c2)C1. The number of carbonyl (C=O) groups excluding carboxylic acids is 1. The average molecular weight is 287 g/mol. The van der Waals surface area contributed by atoms with Crippen molar-refractivity contribution in [2.45, 2.75) is 25.6 Å². The van der Waals surface area contributed by atoms with Crippen LogP contribution in [-0.4, -0.2) is 36.6 Å². The molecular weight excluding hydrogens is 271 g/mol. The lowest BCUT2D eigenvalue weighted by Gasteiger charge is -2.32. The van der Waals surface area contributed by atoms with Crippen LogP contribution in [0.25, 0.3) is 0 Å². The molecule has 0 spiro atoms. The smallest absolute Gasteiger partial charge is 0.374 e. The van der Waals surface area contributed by atoms with Gasteiger partial charge in [-0.1, -0.05) is 18.2 Å². The van der Waals surface area contributed by atoms with E-state index in [1.54, 1.807) is 11.0 Å². The zero-order chi connectivity index (χ0) is 14.8. The van der Waals surface area contributed by atoms with E-state index in [9.17, 15) is 18.0 Å². The molecule has 1 atom stereocenters. The molecule has 0 aromatic heterocycles. The number of hydrogen-bond donors (Lipinski definition) is 0. The Balaban J connectivity index is 2.04. The monoisotopic (exact) mass is 287 g/mol. The number of ether oxygens (including phenoxy) is 1. The van der Waals surface area contributed by atoms with Gasteiger partial charge in [-0.05, 0) is 11.6 Å².